The van der Waals surface area contributed by atoms with Gasteiger partial charge in [0.25, 0.3) is 0 Å². The SMILES string of the molecule is COCCOc1ccc(Nc2nccc3cc(C)c(C)cc23)cc1. The standard InChI is InChI=1S/C20H22N2O2/c1-14-12-16-8-9-21-20(19(16)13-15(14)2)22-17-4-6-18(7-5-17)24-11-10-23-3/h4-9,12-13H,10-11H2,1-3H3,(H,21,22). The van der Waals surface area contributed by atoms with Gasteiger partial charge in [-0.05, 0) is 66.8 Å². The minimum atomic E-state index is 0.548. The van der Waals surface area contributed by atoms with Crippen molar-refractivity contribution in [2.24, 2.45) is 0 Å². The van der Waals surface area contributed by atoms with Crippen molar-refractivity contribution in [1.82, 2.24) is 4.98 Å². The molecule has 124 valence electrons. The molecule has 0 radical (unpaired) electrons. The number of hydrogen-bond donors (Lipinski definition) is 1. The third-order valence-corrected chi connectivity index (χ3v) is 4.05. The van der Waals surface area contributed by atoms with Crippen LogP contribution in [-0.2, 0) is 4.74 Å². The van der Waals surface area contributed by atoms with Crippen LogP contribution in [0.5, 0.6) is 5.75 Å². The predicted octanol–water partition coefficient (Wildman–Crippen LogP) is 4.62. The number of rotatable bonds is 6. The summed E-state index contributed by atoms with van der Waals surface area (Å²) in [6.07, 6.45) is 1.83. The summed E-state index contributed by atoms with van der Waals surface area (Å²) < 4.78 is 10.6. The molecule has 4 nitrogen and oxygen atoms in total. The van der Waals surface area contributed by atoms with Gasteiger partial charge in [0.15, 0.2) is 0 Å². The molecule has 1 heterocycles. The highest BCUT2D eigenvalue weighted by atomic mass is 16.5. The van der Waals surface area contributed by atoms with Gasteiger partial charge in [0.1, 0.15) is 18.2 Å². The van der Waals surface area contributed by atoms with Gasteiger partial charge in [-0.25, -0.2) is 4.98 Å². The Morgan fingerprint density at radius 1 is 0.958 bits per heavy atom. The fourth-order valence-electron chi connectivity index (χ4n) is 2.56. The number of hydrogen-bond acceptors (Lipinski definition) is 4. The topological polar surface area (TPSA) is 43.4 Å². The van der Waals surface area contributed by atoms with Crippen LogP contribution in [0.25, 0.3) is 10.8 Å². The number of methoxy groups -OCH3 is 1. The molecule has 0 unspecified atom stereocenters. The molecule has 0 aliphatic heterocycles. The molecule has 2 aromatic carbocycles. The van der Waals surface area contributed by atoms with Crippen LogP contribution in [0.3, 0.4) is 0 Å². The second-order valence-electron chi connectivity index (χ2n) is 5.81. The fourth-order valence-corrected chi connectivity index (χ4v) is 2.56. The molecule has 0 saturated heterocycles. The van der Waals surface area contributed by atoms with Crippen molar-refractivity contribution >= 4 is 22.3 Å². The van der Waals surface area contributed by atoms with Crippen molar-refractivity contribution in [2.75, 3.05) is 25.6 Å². The van der Waals surface area contributed by atoms with E-state index in [2.05, 4.69) is 36.3 Å². The fraction of sp³-hybridized carbons (Fsp3) is 0.250. The largest absolute Gasteiger partial charge is 0.491 e. The molecule has 1 aromatic heterocycles. The van der Waals surface area contributed by atoms with Crippen molar-refractivity contribution < 1.29 is 9.47 Å². The number of benzene rings is 2. The summed E-state index contributed by atoms with van der Waals surface area (Å²) in [6, 6.07) is 14.3. The molecule has 0 amide bonds. The third-order valence-electron chi connectivity index (χ3n) is 4.05. The number of fused-ring (bicyclic) bond motifs is 1. The van der Waals surface area contributed by atoms with E-state index in [0.29, 0.717) is 13.2 Å². The number of nitrogens with zero attached hydrogens (tertiary/aromatic N) is 1. The highest BCUT2D eigenvalue weighted by molar-refractivity contribution is 5.94. The number of aromatic nitrogens is 1. The number of pyridine rings is 1. The molecule has 3 rings (SSSR count). The molecule has 24 heavy (non-hydrogen) atoms. The Bertz CT molecular complexity index is 829. The molecule has 3 aromatic rings. The lowest BCUT2D eigenvalue weighted by Gasteiger charge is -2.11. The lowest BCUT2D eigenvalue weighted by atomic mass is 10.0. The Morgan fingerprint density at radius 2 is 1.71 bits per heavy atom. The van der Waals surface area contributed by atoms with Gasteiger partial charge in [-0.2, -0.15) is 0 Å². The van der Waals surface area contributed by atoms with E-state index in [1.807, 2.05) is 36.5 Å². The van der Waals surface area contributed by atoms with E-state index in [-0.39, 0.29) is 0 Å². The van der Waals surface area contributed by atoms with Gasteiger partial charge in [0, 0.05) is 24.4 Å². The molecule has 0 spiro atoms. The van der Waals surface area contributed by atoms with Gasteiger partial charge < -0.3 is 14.8 Å². The van der Waals surface area contributed by atoms with Crippen LogP contribution in [0.2, 0.25) is 0 Å². The number of aryl methyl sites for hydroxylation is 2. The van der Waals surface area contributed by atoms with Crippen LogP contribution < -0.4 is 10.1 Å². The highest BCUT2D eigenvalue weighted by Crippen LogP contribution is 2.27. The maximum Gasteiger partial charge on any atom is 0.138 e. The van der Waals surface area contributed by atoms with E-state index in [1.54, 1.807) is 7.11 Å². The molecular formula is C20H22N2O2. The second kappa shape index (κ2) is 7.32. The molecule has 1 N–H and O–H groups in total. The van der Waals surface area contributed by atoms with E-state index < -0.39 is 0 Å². The Balaban J connectivity index is 1.81. The van der Waals surface area contributed by atoms with Crippen molar-refractivity contribution in [2.45, 2.75) is 13.8 Å². The zero-order valence-electron chi connectivity index (χ0n) is 14.3. The lowest BCUT2D eigenvalue weighted by Crippen LogP contribution is -2.04. The summed E-state index contributed by atoms with van der Waals surface area (Å²) in [5.74, 6) is 1.69. The summed E-state index contributed by atoms with van der Waals surface area (Å²) in [4.78, 5) is 4.50. The molecule has 0 bridgehead atoms. The Hall–Kier alpha value is -2.59. The van der Waals surface area contributed by atoms with Crippen LogP contribution in [0.4, 0.5) is 11.5 Å². The van der Waals surface area contributed by atoms with Crippen LogP contribution in [-0.4, -0.2) is 25.3 Å². The zero-order chi connectivity index (χ0) is 16.9. The van der Waals surface area contributed by atoms with Gasteiger partial charge >= 0.3 is 0 Å². The summed E-state index contributed by atoms with van der Waals surface area (Å²) in [6.45, 7) is 5.38. The maximum atomic E-state index is 5.58. The van der Waals surface area contributed by atoms with Crippen LogP contribution in [0.1, 0.15) is 11.1 Å². The summed E-state index contributed by atoms with van der Waals surface area (Å²) in [7, 11) is 1.66. The van der Waals surface area contributed by atoms with Crippen molar-refractivity contribution in [1.29, 1.82) is 0 Å². The molecule has 0 fully saturated rings. The Morgan fingerprint density at radius 3 is 2.46 bits per heavy atom. The smallest absolute Gasteiger partial charge is 0.138 e. The highest BCUT2D eigenvalue weighted by Gasteiger charge is 2.05. The molecule has 4 heteroatoms. The molecule has 0 aliphatic rings. The van der Waals surface area contributed by atoms with Crippen LogP contribution >= 0.6 is 0 Å². The lowest BCUT2D eigenvalue weighted by molar-refractivity contribution is 0.146. The Labute approximate surface area is 142 Å². The monoisotopic (exact) mass is 322 g/mol. The average Bonchev–Trinajstić information content (AvgIpc) is 2.58. The van der Waals surface area contributed by atoms with Crippen LogP contribution in [0.15, 0.2) is 48.7 Å². The second-order valence-corrected chi connectivity index (χ2v) is 5.81. The van der Waals surface area contributed by atoms with Gasteiger partial charge in [-0.3, -0.25) is 0 Å². The molecular weight excluding hydrogens is 300 g/mol. The maximum absolute atomic E-state index is 5.58. The van der Waals surface area contributed by atoms with Gasteiger partial charge in [-0.15, -0.1) is 0 Å². The average molecular weight is 322 g/mol. The first-order chi connectivity index (χ1) is 11.7. The van der Waals surface area contributed by atoms with Crippen molar-refractivity contribution in [3.63, 3.8) is 0 Å². The van der Waals surface area contributed by atoms with E-state index in [9.17, 15) is 0 Å². The number of nitrogens with one attached hydrogen (secondary N) is 1. The first kappa shape index (κ1) is 16.3. The van der Waals surface area contributed by atoms with Crippen LogP contribution in [0, 0.1) is 13.8 Å². The van der Waals surface area contributed by atoms with E-state index >= 15 is 0 Å². The number of anilines is 2. The molecule has 0 atom stereocenters. The molecule has 0 saturated carbocycles. The van der Waals surface area contributed by atoms with E-state index in [4.69, 9.17) is 9.47 Å². The van der Waals surface area contributed by atoms with Gasteiger partial charge in [0.05, 0.1) is 6.61 Å². The van der Waals surface area contributed by atoms with Gasteiger partial charge in [-0.1, -0.05) is 6.07 Å². The summed E-state index contributed by atoms with van der Waals surface area (Å²) >= 11 is 0. The zero-order valence-corrected chi connectivity index (χ0v) is 14.3. The minimum Gasteiger partial charge on any atom is -0.491 e. The number of ether oxygens (including phenoxy) is 2. The first-order valence-electron chi connectivity index (χ1n) is 8.02. The minimum absolute atomic E-state index is 0.548. The van der Waals surface area contributed by atoms with Gasteiger partial charge in [0.2, 0.25) is 0 Å². The summed E-state index contributed by atoms with van der Waals surface area (Å²) in [5, 5.41) is 5.71. The molecule has 0 aliphatic carbocycles. The summed E-state index contributed by atoms with van der Waals surface area (Å²) in [5.41, 5.74) is 3.53. The normalized spacial score (nSPS) is 10.8. The van der Waals surface area contributed by atoms with E-state index in [0.717, 1.165) is 22.6 Å². The van der Waals surface area contributed by atoms with Crippen molar-refractivity contribution in [3.05, 3.63) is 59.8 Å². The first-order valence-corrected chi connectivity index (χ1v) is 8.02. The van der Waals surface area contributed by atoms with E-state index in [1.165, 1.54) is 16.5 Å². The Kier molecular flexibility index (Phi) is 4.96. The van der Waals surface area contributed by atoms with Crippen molar-refractivity contribution in [3.8, 4) is 5.75 Å². The predicted molar refractivity (Wildman–Crippen MR) is 98.3 cm³/mol. The third kappa shape index (κ3) is 3.66. The quantitative estimate of drug-likeness (QED) is 0.673.